The van der Waals surface area contributed by atoms with Crippen LogP contribution in [0.1, 0.15) is 54.4 Å². The maximum absolute atomic E-state index is 10.7. The summed E-state index contributed by atoms with van der Waals surface area (Å²) >= 11 is 0. The Morgan fingerprint density at radius 3 is 1.85 bits per heavy atom. The SMILES string of the molecule is CC.CCC(CC)C(C)NC(C)=O. The molecule has 0 spiro atoms. The molecule has 13 heavy (non-hydrogen) atoms. The van der Waals surface area contributed by atoms with E-state index in [1.54, 1.807) is 6.92 Å². The molecule has 0 bridgehead atoms. The molecule has 0 aliphatic carbocycles. The first-order valence-electron chi connectivity index (χ1n) is 5.38. The summed E-state index contributed by atoms with van der Waals surface area (Å²) in [5.74, 6) is 0.698. The van der Waals surface area contributed by atoms with Crippen molar-refractivity contribution >= 4 is 5.91 Å². The van der Waals surface area contributed by atoms with Crippen LogP contribution in [0, 0.1) is 5.92 Å². The van der Waals surface area contributed by atoms with Gasteiger partial charge in [0, 0.05) is 13.0 Å². The lowest BCUT2D eigenvalue weighted by atomic mass is 9.95. The molecule has 0 fully saturated rings. The quantitative estimate of drug-likeness (QED) is 0.720. The fraction of sp³-hybridized carbons (Fsp3) is 0.909. The Morgan fingerprint density at radius 1 is 1.23 bits per heavy atom. The Bertz CT molecular complexity index is 119. The van der Waals surface area contributed by atoms with Gasteiger partial charge >= 0.3 is 0 Å². The monoisotopic (exact) mass is 187 g/mol. The fourth-order valence-corrected chi connectivity index (χ4v) is 1.43. The Hall–Kier alpha value is -0.530. The van der Waals surface area contributed by atoms with Crippen molar-refractivity contribution < 1.29 is 4.79 Å². The maximum Gasteiger partial charge on any atom is 0.217 e. The molecule has 0 aromatic rings. The first-order valence-corrected chi connectivity index (χ1v) is 5.38. The van der Waals surface area contributed by atoms with Crippen molar-refractivity contribution in [1.29, 1.82) is 0 Å². The second-order valence-electron chi connectivity index (χ2n) is 3.07. The van der Waals surface area contributed by atoms with Crippen molar-refractivity contribution in [1.82, 2.24) is 5.32 Å². The smallest absolute Gasteiger partial charge is 0.217 e. The summed E-state index contributed by atoms with van der Waals surface area (Å²) in [6.45, 7) is 12.0. The van der Waals surface area contributed by atoms with E-state index in [4.69, 9.17) is 0 Å². The van der Waals surface area contributed by atoms with Crippen LogP contribution in [0.25, 0.3) is 0 Å². The first kappa shape index (κ1) is 15.0. The van der Waals surface area contributed by atoms with Crippen LogP contribution in [0.2, 0.25) is 0 Å². The zero-order valence-electron chi connectivity index (χ0n) is 9.98. The highest BCUT2D eigenvalue weighted by molar-refractivity contribution is 5.73. The minimum absolute atomic E-state index is 0.0735. The molecule has 0 aliphatic heterocycles. The van der Waals surface area contributed by atoms with E-state index in [2.05, 4.69) is 26.1 Å². The number of nitrogens with one attached hydrogen (secondary N) is 1. The molecular formula is C11H25NO. The molecular weight excluding hydrogens is 162 g/mol. The van der Waals surface area contributed by atoms with Crippen molar-refractivity contribution in [2.75, 3.05) is 0 Å². The minimum Gasteiger partial charge on any atom is -0.354 e. The van der Waals surface area contributed by atoms with Crippen LogP contribution < -0.4 is 5.32 Å². The summed E-state index contributed by atoms with van der Waals surface area (Å²) in [7, 11) is 0. The maximum atomic E-state index is 10.7. The lowest BCUT2D eigenvalue weighted by Crippen LogP contribution is -2.36. The zero-order valence-corrected chi connectivity index (χ0v) is 9.98. The van der Waals surface area contributed by atoms with Crippen LogP contribution in [-0.4, -0.2) is 11.9 Å². The highest BCUT2D eigenvalue weighted by Crippen LogP contribution is 2.11. The van der Waals surface area contributed by atoms with E-state index in [1.165, 1.54) is 0 Å². The van der Waals surface area contributed by atoms with Gasteiger partial charge in [-0.1, -0.05) is 40.5 Å². The number of hydrogen-bond donors (Lipinski definition) is 1. The van der Waals surface area contributed by atoms with Crippen LogP contribution >= 0.6 is 0 Å². The Balaban J connectivity index is 0. The number of amides is 1. The largest absolute Gasteiger partial charge is 0.354 e. The molecule has 0 saturated carbocycles. The number of carbonyl (C=O) groups excluding carboxylic acids is 1. The highest BCUT2D eigenvalue weighted by Gasteiger charge is 2.13. The number of hydrogen-bond acceptors (Lipinski definition) is 1. The summed E-state index contributed by atoms with van der Waals surface area (Å²) < 4.78 is 0. The van der Waals surface area contributed by atoms with E-state index in [0.717, 1.165) is 12.8 Å². The van der Waals surface area contributed by atoms with Gasteiger partial charge in [-0.3, -0.25) is 4.79 Å². The minimum atomic E-state index is 0.0735. The first-order chi connectivity index (χ1) is 6.11. The third kappa shape index (κ3) is 7.82. The molecule has 2 nitrogen and oxygen atoms in total. The molecule has 0 radical (unpaired) electrons. The molecule has 0 rings (SSSR count). The predicted octanol–water partition coefficient (Wildman–Crippen LogP) is 2.97. The van der Waals surface area contributed by atoms with E-state index in [9.17, 15) is 4.79 Å². The second-order valence-corrected chi connectivity index (χ2v) is 3.07. The molecule has 0 aliphatic rings. The van der Waals surface area contributed by atoms with Crippen molar-refractivity contribution in [3.63, 3.8) is 0 Å². The van der Waals surface area contributed by atoms with E-state index in [1.807, 2.05) is 13.8 Å². The van der Waals surface area contributed by atoms with Crippen molar-refractivity contribution in [3.8, 4) is 0 Å². The van der Waals surface area contributed by atoms with Crippen LogP contribution in [0.5, 0.6) is 0 Å². The van der Waals surface area contributed by atoms with Crippen molar-refractivity contribution in [2.45, 2.75) is 60.4 Å². The van der Waals surface area contributed by atoms with Crippen LogP contribution in [-0.2, 0) is 4.79 Å². The number of rotatable bonds is 4. The van der Waals surface area contributed by atoms with Gasteiger partial charge < -0.3 is 5.32 Å². The van der Waals surface area contributed by atoms with Crippen molar-refractivity contribution in [2.24, 2.45) is 5.92 Å². The second kappa shape index (κ2) is 9.56. The Labute approximate surface area is 83.1 Å². The fourth-order valence-electron chi connectivity index (χ4n) is 1.43. The number of carbonyl (C=O) groups is 1. The third-order valence-corrected chi connectivity index (χ3v) is 2.19. The van der Waals surface area contributed by atoms with Gasteiger partial charge in [0.25, 0.3) is 0 Å². The van der Waals surface area contributed by atoms with E-state index in [-0.39, 0.29) is 5.91 Å². The molecule has 0 heterocycles. The summed E-state index contributed by atoms with van der Waals surface area (Å²) in [5.41, 5.74) is 0. The van der Waals surface area contributed by atoms with Gasteiger partial charge in [0.1, 0.15) is 0 Å². The van der Waals surface area contributed by atoms with Gasteiger partial charge in [0.05, 0.1) is 0 Å². The summed E-state index contributed by atoms with van der Waals surface area (Å²) in [6, 6.07) is 0.322. The van der Waals surface area contributed by atoms with Gasteiger partial charge in [0.15, 0.2) is 0 Å². The summed E-state index contributed by atoms with van der Waals surface area (Å²) in [5, 5.41) is 2.91. The highest BCUT2D eigenvalue weighted by atomic mass is 16.1. The molecule has 2 heteroatoms. The Morgan fingerprint density at radius 2 is 1.62 bits per heavy atom. The molecule has 0 aromatic carbocycles. The topological polar surface area (TPSA) is 29.1 Å². The summed E-state index contributed by atoms with van der Waals surface area (Å²) in [4.78, 5) is 10.7. The van der Waals surface area contributed by atoms with Crippen molar-refractivity contribution in [3.05, 3.63) is 0 Å². The average molecular weight is 187 g/mol. The van der Waals surface area contributed by atoms with E-state index in [0.29, 0.717) is 12.0 Å². The van der Waals surface area contributed by atoms with E-state index >= 15 is 0 Å². The van der Waals surface area contributed by atoms with Gasteiger partial charge in [0.2, 0.25) is 5.91 Å². The van der Waals surface area contributed by atoms with Crippen LogP contribution in [0.4, 0.5) is 0 Å². The molecule has 1 unspecified atom stereocenters. The summed E-state index contributed by atoms with van der Waals surface area (Å²) in [6.07, 6.45) is 2.27. The van der Waals surface area contributed by atoms with E-state index < -0.39 is 0 Å². The lowest BCUT2D eigenvalue weighted by Gasteiger charge is -2.21. The average Bonchev–Trinajstić information content (AvgIpc) is 2.08. The standard InChI is InChI=1S/C9H19NO.C2H6/c1-5-9(6-2)7(3)10-8(4)11;1-2/h7,9H,5-6H2,1-4H3,(H,10,11);1-2H3. The molecule has 0 aromatic heterocycles. The predicted molar refractivity (Wildman–Crippen MR) is 58.7 cm³/mol. The molecule has 0 saturated heterocycles. The van der Waals surface area contributed by atoms with Crippen LogP contribution in [0.15, 0.2) is 0 Å². The Kier molecular flexibility index (Phi) is 11.0. The van der Waals surface area contributed by atoms with Gasteiger partial charge in [-0.05, 0) is 12.8 Å². The van der Waals surface area contributed by atoms with Gasteiger partial charge in [-0.2, -0.15) is 0 Å². The lowest BCUT2D eigenvalue weighted by molar-refractivity contribution is -0.119. The molecule has 1 atom stereocenters. The zero-order chi connectivity index (χ0) is 10.9. The van der Waals surface area contributed by atoms with Crippen LogP contribution in [0.3, 0.4) is 0 Å². The third-order valence-electron chi connectivity index (χ3n) is 2.19. The molecule has 1 amide bonds. The van der Waals surface area contributed by atoms with Gasteiger partial charge in [-0.15, -0.1) is 0 Å². The molecule has 1 N–H and O–H groups in total. The molecule has 80 valence electrons. The van der Waals surface area contributed by atoms with Gasteiger partial charge in [-0.25, -0.2) is 0 Å². The normalized spacial score (nSPS) is 11.6.